The van der Waals surface area contributed by atoms with Crippen molar-refractivity contribution >= 4 is 0 Å². The summed E-state index contributed by atoms with van der Waals surface area (Å²) in [4.78, 5) is 0. The predicted octanol–water partition coefficient (Wildman–Crippen LogP) is 3.98. The molecule has 15 heavy (non-hydrogen) atoms. The highest BCUT2D eigenvalue weighted by Crippen LogP contribution is 2.62. The van der Waals surface area contributed by atoms with Gasteiger partial charge in [0.05, 0.1) is 0 Å². The van der Waals surface area contributed by atoms with Crippen molar-refractivity contribution in [2.45, 2.75) is 79.3 Å². The molecule has 0 heterocycles. The minimum atomic E-state index is 0.479. The summed E-state index contributed by atoms with van der Waals surface area (Å²) in [5.74, 6) is 0. The molecule has 90 valence electrons. The Morgan fingerprint density at radius 2 is 1.60 bits per heavy atom. The van der Waals surface area contributed by atoms with E-state index in [0.717, 1.165) is 6.04 Å². The molecule has 0 bridgehead atoms. The quantitative estimate of drug-likeness (QED) is 0.701. The summed E-state index contributed by atoms with van der Waals surface area (Å²) in [7, 11) is 0. The largest absolute Gasteiger partial charge is 0.310 e. The summed E-state index contributed by atoms with van der Waals surface area (Å²) < 4.78 is 0. The van der Waals surface area contributed by atoms with Gasteiger partial charge in [-0.2, -0.15) is 0 Å². The lowest BCUT2D eigenvalue weighted by atomic mass is 10.0. The first-order valence-electron chi connectivity index (χ1n) is 6.64. The van der Waals surface area contributed by atoms with Crippen molar-refractivity contribution in [1.29, 1.82) is 0 Å². The van der Waals surface area contributed by atoms with Gasteiger partial charge >= 0.3 is 0 Å². The van der Waals surface area contributed by atoms with Gasteiger partial charge in [-0.1, -0.05) is 54.4 Å². The molecule has 1 atom stereocenters. The fraction of sp³-hybridized carbons (Fsp3) is 1.00. The second-order valence-corrected chi connectivity index (χ2v) is 6.29. The lowest BCUT2D eigenvalue weighted by Gasteiger charge is -2.18. The van der Waals surface area contributed by atoms with E-state index in [-0.39, 0.29) is 0 Å². The molecule has 0 aromatic rings. The molecule has 0 aromatic carbocycles. The Bertz CT molecular complexity index is 191. The fourth-order valence-corrected chi connectivity index (χ4v) is 2.70. The highest BCUT2D eigenvalue weighted by Gasteiger charge is 2.64. The molecular weight excluding hydrogens is 182 g/mol. The van der Waals surface area contributed by atoms with Crippen LogP contribution in [0.2, 0.25) is 0 Å². The maximum Gasteiger partial charge on any atom is 0.0183 e. The number of hydrogen-bond acceptors (Lipinski definition) is 1. The number of hydrogen-bond donors (Lipinski definition) is 1. The molecule has 1 aliphatic carbocycles. The summed E-state index contributed by atoms with van der Waals surface area (Å²) in [5.41, 5.74) is 0.958. The van der Waals surface area contributed by atoms with Crippen LogP contribution in [0.15, 0.2) is 0 Å². The zero-order valence-corrected chi connectivity index (χ0v) is 11.5. The van der Waals surface area contributed by atoms with E-state index < -0.39 is 0 Å². The van der Waals surface area contributed by atoms with E-state index in [9.17, 15) is 0 Å². The van der Waals surface area contributed by atoms with E-state index in [1.165, 1.54) is 25.7 Å². The van der Waals surface area contributed by atoms with Gasteiger partial charge in [-0.3, -0.25) is 0 Å². The Hall–Kier alpha value is -0.0400. The van der Waals surface area contributed by atoms with Crippen molar-refractivity contribution in [2.75, 3.05) is 0 Å². The van der Waals surface area contributed by atoms with Gasteiger partial charge < -0.3 is 5.32 Å². The van der Waals surface area contributed by atoms with Crippen molar-refractivity contribution in [3.8, 4) is 0 Å². The second kappa shape index (κ2) is 4.45. The summed E-state index contributed by atoms with van der Waals surface area (Å²) >= 11 is 0. The predicted molar refractivity (Wildman–Crippen MR) is 68.1 cm³/mol. The standard InChI is InChI=1S/C14H29N/c1-7-9-10-11(8-2)15-12-13(3,4)14(12,5)6/h11-12,15H,7-10H2,1-6H3. The van der Waals surface area contributed by atoms with E-state index in [4.69, 9.17) is 0 Å². The molecule has 1 N–H and O–H groups in total. The molecule has 0 aliphatic heterocycles. The molecule has 1 heteroatoms. The molecule has 0 aromatic heterocycles. The molecule has 0 saturated heterocycles. The monoisotopic (exact) mass is 211 g/mol. The summed E-state index contributed by atoms with van der Waals surface area (Å²) in [6, 6.07) is 1.45. The van der Waals surface area contributed by atoms with Gasteiger partial charge in [-0.05, 0) is 23.7 Å². The minimum Gasteiger partial charge on any atom is -0.310 e. The van der Waals surface area contributed by atoms with Crippen LogP contribution >= 0.6 is 0 Å². The molecule has 1 rings (SSSR count). The van der Waals surface area contributed by atoms with Gasteiger partial charge in [0.15, 0.2) is 0 Å². The van der Waals surface area contributed by atoms with Crippen LogP contribution in [-0.4, -0.2) is 12.1 Å². The molecule has 0 radical (unpaired) electrons. The molecule has 1 nitrogen and oxygen atoms in total. The van der Waals surface area contributed by atoms with Crippen molar-refractivity contribution in [3.63, 3.8) is 0 Å². The molecule has 0 spiro atoms. The number of unbranched alkanes of at least 4 members (excludes halogenated alkanes) is 1. The lowest BCUT2D eigenvalue weighted by Crippen LogP contribution is -2.33. The van der Waals surface area contributed by atoms with E-state index in [0.29, 0.717) is 16.9 Å². The Labute approximate surface area is 96.0 Å². The third kappa shape index (κ3) is 2.38. The number of rotatable bonds is 6. The normalized spacial score (nSPS) is 25.2. The topological polar surface area (TPSA) is 12.0 Å². The molecule has 1 unspecified atom stereocenters. The maximum absolute atomic E-state index is 3.86. The van der Waals surface area contributed by atoms with Crippen LogP contribution in [0.3, 0.4) is 0 Å². The van der Waals surface area contributed by atoms with E-state index in [1.54, 1.807) is 0 Å². The van der Waals surface area contributed by atoms with Gasteiger partial charge in [0.1, 0.15) is 0 Å². The van der Waals surface area contributed by atoms with Crippen molar-refractivity contribution in [2.24, 2.45) is 10.8 Å². The van der Waals surface area contributed by atoms with Crippen LogP contribution in [0.5, 0.6) is 0 Å². The smallest absolute Gasteiger partial charge is 0.0183 e. The molecule has 1 aliphatic rings. The van der Waals surface area contributed by atoms with Crippen LogP contribution in [-0.2, 0) is 0 Å². The number of nitrogens with one attached hydrogen (secondary N) is 1. The zero-order valence-electron chi connectivity index (χ0n) is 11.5. The highest BCUT2D eigenvalue weighted by molar-refractivity contribution is 5.18. The Kier molecular flexibility index (Phi) is 3.86. The van der Waals surface area contributed by atoms with E-state index in [1.807, 2.05) is 0 Å². The average molecular weight is 211 g/mol. The van der Waals surface area contributed by atoms with Gasteiger partial charge in [0, 0.05) is 12.1 Å². The lowest BCUT2D eigenvalue weighted by molar-refractivity contribution is 0.416. The molecule has 1 fully saturated rings. The van der Waals surface area contributed by atoms with Crippen molar-refractivity contribution in [1.82, 2.24) is 5.32 Å². The molecule has 0 amide bonds. The summed E-state index contributed by atoms with van der Waals surface area (Å²) in [5, 5.41) is 3.86. The third-order valence-electron chi connectivity index (χ3n) is 4.82. The SMILES string of the molecule is CCCCC(CC)NC1C(C)(C)C1(C)C. The first-order chi connectivity index (χ1) is 6.87. The summed E-state index contributed by atoms with van der Waals surface area (Å²) in [6.07, 6.45) is 5.28. The summed E-state index contributed by atoms with van der Waals surface area (Å²) in [6.45, 7) is 14.1. The van der Waals surface area contributed by atoms with Crippen LogP contribution in [0.4, 0.5) is 0 Å². The van der Waals surface area contributed by atoms with Crippen LogP contribution < -0.4 is 5.32 Å². The van der Waals surface area contributed by atoms with Gasteiger partial charge in [0.2, 0.25) is 0 Å². The Morgan fingerprint density at radius 1 is 1.07 bits per heavy atom. The third-order valence-corrected chi connectivity index (χ3v) is 4.82. The Balaban J connectivity index is 2.41. The minimum absolute atomic E-state index is 0.479. The fourth-order valence-electron chi connectivity index (χ4n) is 2.70. The molecular formula is C14H29N. The average Bonchev–Trinajstić information content (AvgIpc) is 2.54. The van der Waals surface area contributed by atoms with Gasteiger partial charge in [-0.15, -0.1) is 0 Å². The highest BCUT2D eigenvalue weighted by atomic mass is 15.1. The van der Waals surface area contributed by atoms with E-state index in [2.05, 4.69) is 46.9 Å². The van der Waals surface area contributed by atoms with E-state index >= 15 is 0 Å². The van der Waals surface area contributed by atoms with Crippen LogP contribution in [0, 0.1) is 10.8 Å². The van der Waals surface area contributed by atoms with Gasteiger partial charge in [0.25, 0.3) is 0 Å². The zero-order chi connectivity index (χ0) is 11.7. The van der Waals surface area contributed by atoms with Crippen molar-refractivity contribution < 1.29 is 0 Å². The van der Waals surface area contributed by atoms with Crippen LogP contribution in [0.1, 0.15) is 67.2 Å². The van der Waals surface area contributed by atoms with Gasteiger partial charge in [-0.25, -0.2) is 0 Å². The second-order valence-electron chi connectivity index (χ2n) is 6.29. The van der Waals surface area contributed by atoms with Crippen molar-refractivity contribution in [3.05, 3.63) is 0 Å². The Morgan fingerprint density at radius 3 is 1.93 bits per heavy atom. The first-order valence-corrected chi connectivity index (χ1v) is 6.64. The first kappa shape index (κ1) is 13.0. The van der Waals surface area contributed by atoms with Crippen LogP contribution in [0.25, 0.3) is 0 Å². The maximum atomic E-state index is 3.86. The molecule has 1 saturated carbocycles.